The third kappa shape index (κ3) is 2.59. The average Bonchev–Trinajstić information content (AvgIpc) is 2.82. The Morgan fingerprint density at radius 2 is 2.28 bits per heavy atom. The molecule has 0 bridgehead atoms. The van der Waals surface area contributed by atoms with Crippen LogP contribution >= 0.6 is 0 Å². The van der Waals surface area contributed by atoms with E-state index in [1.165, 1.54) is 11.1 Å². The van der Waals surface area contributed by atoms with Crippen molar-refractivity contribution < 1.29 is 0 Å². The van der Waals surface area contributed by atoms with E-state index < -0.39 is 0 Å². The smallest absolute Gasteiger partial charge is 0.0892 e. The molecule has 1 atom stereocenters. The fourth-order valence-electron chi connectivity index (χ4n) is 2.09. The molecule has 1 N–H and O–H groups in total. The summed E-state index contributed by atoms with van der Waals surface area (Å²) in [4.78, 5) is 4.18. The lowest BCUT2D eigenvalue weighted by atomic mass is 10.00. The molecule has 1 unspecified atom stereocenters. The van der Waals surface area contributed by atoms with Gasteiger partial charge in [-0.15, -0.1) is 0 Å². The summed E-state index contributed by atoms with van der Waals surface area (Å²) in [6, 6.07) is 0.268. The maximum absolute atomic E-state index is 4.36. The van der Waals surface area contributed by atoms with Crippen molar-refractivity contribution in [2.24, 2.45) is 0 Å². The van der Waals surface area contributed by atoms with Gasteiger partial charge in [0, 0.05) is 24.0 Å². The van der Waals surface area contributed by atoms with Gasteiger partial charge in [0.15, 0.2) is 0 Å². The van der Waals surface area contributed by atoms with Crippen molar-refractivity contribution in [1.29, 1.82) is 0 Å². The molecular weight excluding hydrogens is 224 g/mol. The Morgan fingerprint density at radius 1 is 1.44 bits per heavy atom. The van der Waals surface area contributed by atoms with E-state index >= 15 is 0 Å². The van der Waals surface area contributed by atoms with Crippen molar-refractivity contribution in [3.63, 3.8) is 0 Å². The molecule has 0 radical (unpaired) electrons. The number of hydrogen-bond donors (Lipinski definition) is 1. The summed E-state index contributed by atoms with van der Waals surface area (Å²) in [7, 11) is 0. The van der Waals surface area contributed by atoms with Gasteiger partial charge < -0.3 is 5.32 Å². The third-order valence-corrected chi connectivity index (χ3v) is 3.17. The van der Waals surface area contributed by atoms with E-state index in [-0.39, 0.29) is 6.04 Å². The highest BCUT2D eigenvalue weighted by Gasteiger charge is 2.16. The minimum Gasteiger partial charge on any atom is -0.310 e. The van der Waals surface area contributed by atoms with Crippen LogP contribution in [0.2, 0.25) is 0 Å². The van der Waals surface area contributed by atoms with Crippen LogP contribution in [0.25, 0.3) is 5.52 Å². The second kappa shape index (κ2) is 5.78. The zero-order valence-corrected chi connectivity index (χ0v) is 11.1. The van der Waals surface area contributed by atoms with Crippen LogP contribution in [0.5, 0.6) is 0 Å². The third-order valence-electron chi connectivity index (χ3n) is 3.17. The highest BCUT2D eigenvalue weighted by atomic mass is 15.2. The van der Waals surface area contributed by atoms with Crippen LogP contribution in [0.4, 0.5) is 0 Å². The molecule has 0 amide bonds. The molecule has 2 rings (SSSR count). The van der Waals surface area contributed by atoms with Gasteiger partial charge in [-0.25, -0.2) is 4.52 Å². The maximum atomic E-state index is 4.36. The highest BCUT2D eigenvalue weighted by Crippen LogP contribution is 2.24. The Balaban J connectivity index is 2.32. The molecule has 0 aliphatic rings. The zero-order valence-electron chi connectivity index (χ0n) is 11.1. The highest BCUT2D eigenvalue weighted by molar-refractivity contribution is 5.53. The van der Waals surface area contributed by atoms with Crippen molar-refractivity contribution in [3.8, 4) is 0 Å². The first kappa shape index (κ1) is 12.8. The lowest BCUT2D eigenvalue weighted by molar-refractivity contribution is 0.546. The monoisotopic (exact) mass is 244 g/mol. The summed E-state index contributed by atoms with van der Waals surface area (Å²) in [6.45, 7) is 9.29. The first-order valence-corrected chi connectivity index (χ1v) is 6.43. The minimum atomic E-state index is 0.268. The molecule has 4 nitrogen and oxygen atoms in total. The fourth-order valence-corrected chi connectivity index (χ4v) is 2.09. The second-order valence-electron chi connectivity index (χ2n) is 4.42. The van der Waals surface area contributed by atoms with Crippen LogP contribution in [-0.4, -0.2) is 21.1 Å². The second-order valence-corrected chi connectivity index (χ2v) is 4.42. The standard InChI is InChI=1S/C14H20N4/c1-4-11(3)8-13(16-5-2)12-9-17-18-7-6-15-10-14(12)18/h6-7,9-10,13,16H,3-5,8H2,1-2H3. The van der Waals surface area contributed by atoms with Gasteiger partial charge in [-0.05, 0) is 19.4 Å². The molecular formula is C14H20N4. The van der Waals surface area contributed by atoms with E-state index in [0.29, 0.717) is 0 Å². The maximum Gasteiger partial charge on any atom is 0.0892 e. The summed E-state index contributed by atoms with van der Waals surface area (Å²) in [5, 5.41) is 7.86. The lowest BCUT2D eigenvalue weighted by Gasteiger charge is -2.17. The molecule has 2 heterocycles. The van der Waals surface area contributed by atoms with E-state index in [9.17, 15) is 0 Å². The molecule has 2 aromatic rings. The van der Waals surface area contributed by atoms with Gasteiger partial charge in [-0.3, -0.25) is 4.98 Å². The molecule has 0 saturated heterocycles. The summed E-state index contributed by atoms with van der Waals surface area (Å²) in [6.07, 6.45) is 9.36. The minimum absolute atomic E-state index is 0.268. The van der Waals surface area contributed by atoms with Crippen molar-refractivity contribution >= 4 is 5.52 Å². The van der Waals surface area contributed by atoms with Gasteiger partial charge in [0.05, 0.1) is 17.9 Å². The first-order valence-electron chi connectivity index (χ1n) is 6.43. The van der Waals surface area contributed by atoms with Gasteiger partial charge in [-0.2, -0.15) is 5.10 Å². The number of nitrogens with one attached hydrogen (secondary N) is 1. The van der Waals surface area contributed by atoms with E-state index in [1.807, 2.05) is 23.1 Å². The summed E-state index contributed by atoms with van der Waals surface area (Å²) in [5.74, 6) is 0. The number of hydrogen-bond acceptors (Lipinski definition) is 3. The average molecular weight is 244 g/mol. The van der Waals surface area contributed by atoms with Gasteiger partial charge in [-0.1, -0.05) is 26.0 Å². The Hall–Kier alpha value is -1.68. The largest absolute Gasteiger partial charge is 0.310 e. The normalized spacial score (nSPS) is 12.8. The van der Waals surface area contributed by atoms with E-state index in [4.69, 9.17) is 0 Å². The van der Waals surface area contributed by atoms with Gasteiger partial charge in [0.2, 0.25) is 0 Å². The van der Waals surface area contributed by atoms with Crippen LogP contribution in [0.15, 0.2) is 36.9 Å². The first-order chi connectivity index (χ1) is 8.76. The predicted molar refractivity (Wildman–Crippen MR) is 73.5 cm³/mol. The number of rotatable bonds is 6. The Labute approximate surface area is 108 Å². The van der Waals surface area contributed by atoms with Crippen molar-refractivity contribution in [3.05, 3.63) is 42.5 Å². The molecule has 0 fully saturated rings. The zero-order chi connectivity index (χ0) is 13.0. The summed E-state index contributed by atoms with van der Waals surface area (Å²) >= 11 is 0. The molecule has 0 aliphatic carbocycles. The van der Waals surface area contributed by atoms with Crippen molar-refractivity contribution in [2.45, 2.75) is 32.7 Å². The molecule has 4 heteroatoms. The Bertz CT molecular complexity index is 529. The number of aromatic nitrogens is 3. The van der Waals surface area contributed by atoms with Crippen LogP contribution in [-0.2, 0) is 0 Å². The molecule has 96 valence electrons. The van der Waals surface area contributed by atoms with Crippen molar-refractivity contribution in [1.82, 2.24) is 19.9 Å². The Morgan fingerprint density at radius 3 is 3.00 bits per heavy atom. The molecule has 0 aliphatic heterocycles. The lowest BCUT2D eigenvalue weighted by Crippen LogP contribution is -2.21. The molecule has 0 spiro atoms. The van der Waals surface area contributed by atoms with E-state index in [1.54, 1.807) is 6.20 Å². The number of fused-ring (bicyclic) bond motifs is 1. The summed E-state index contributed by atoms with van der Waals surface area (Å²) in [5.41, 5.74) is 3.51. The summed E-state index contributed by atoms with van der Waals surface area (Å²) < 4.78 is 1.86. The Kier molecular flexibility index (Phi) is 4.10. The van der Waals surface area contributed by atoms with Crippen LogP contribution < -0.4 is 5.32 Å². The molecule has 0 saturated carbocycles. The fraction of sp³-hybridized carbons (Fsp3) is 0.429. The number of nitrogens with zero attached hydrogens (tertiary/aromatic N) is 3. The van der Waals surface area contributed by atoms with Gasteiger partial charge in [0.25, 0.3) is 0 Å². The van der Waals surface area contributed by atoms with Crippen molar-refractivity contribution in [2.75, 3.05) is 6.54 Å². The van der Waals surface area contributed by atoms with Crippen LogP contribution in [0.1, 0.15) is 38.3 Å². The van der Waals surface area contributed by atoms with Gasteiger partial charge in [0.1, 0.15) is 0 Å². The SMILES string of the molecule is C=C(CC)CC(NCC)c1cnn2ccncc12. The molecule has 0 aromatic carbocycles. The molecule has 2 aromatic heterocycles. The van der Waals surface area contributed by atoms with Gasteiger partial charge >= 0.3 is 0 Å². The van der Waals surface area contributed by atoms with E-state index in [0.717, 1.165) is 24.9 Å². The van der Waals surface area contributed by atoms with E-state index in [2.05, 4.69) is 35.8 Å². The van der Waals surface area contributed by atoms with Crippen LogP contribution in [0, 0.1) is 0 Å². The topological polar surface area (TPSA) is 42.2 Å². The predicted octanol–water partition coefficient (Wildman–Crippen LogP) is 2.74. The molecule has 18 heavy (non-hydrogen) atoms. The quantitative estimate of drug-likeness (QED) is 0.794. The van der Waals surface area contributed by atoms with Crippen LogP contribution in [0.3, 0.4) is 0 Å².